The maximum atomic E-state index is 3.88. The first kappa shape index (κ1) is 11.5. The van der Waals surface area contributed by atoms with Crippen LogP contribution in [0.25, 0.3) is 6.08 Å². The Morgan fingerprint density at radius 1 is 1.07 bits per heavy atom. The van der Waals surface area contributed by atoms with Crippen LogP contribution >= 0.6 is 0 Å². The summed E-state index contributed by atoms with van der Waals surface area (Å²) in [5.41, 5.74) is 1.35. The average molecular weight is 220 g/mol. The molecule has 0 radical (unpaired) electrons. The van der Waals surface area contributed by atoms with E-state index >= 15 is 0 Å². The van der Waals surface area contributed by atoms with Crippen molar-refractivity contribution in [2.45, 2.75) is 26.2 Å². The zero-order valence-corrected chi connectivity index (χ0v) is 12.0. The lowest BCUT2D eigenvalue weighted by molar-refractivity contribution is 1.72. The Morgan fingerprint density at radius 2 is 1.71 bits per heavy atom. The van der Waals surface area contributed by atoms with Gasteiger partial charge in [0.15, 0.2) is 0 Å². The highest BCUT2D eigenvalue weighted by Crippen LogP contribution is 2.00. The van der Waals surface area contributed by atoms with Crippen LogP contribution in [0.5, 0.6) is 0 Å². The molecule has 76 valence electrons. The minimum atomic E-state index is -0.704. The van der Waals surface area contributed by atoms with Crippen molar-refractivity contribution < 1.29 is 0 Å². The lowest BCUT2D eigenvalue weighted by Crippen LogP contribution is -2.33. The predicted molar refractivity (Wildman–Crippen MR) is 73.6 cm³/mol. The van der Waals surface area contributed by atoms with Crippen molar-refractivity contribution in [3.63, 3.8) is 0 Å². The lowest BCUT2D eigenvalue weighted by Gasteiger charge is -2.12. The van der Waals surface area contributed by atoms with E-state index < -0.39 is 17.6 Å². The van der Waals surface area contributed by atoms with Crippen molar-refractivity contribution in [1.82, 2.24) is 0 Å². The molecular weight excluding hydrogens is 200 g/mol. The van der Waals surface area contributed by atoms with Gasteiger partial charge in [-0.05, 0) is 5.56 Å². The van der Waals surface area contributed by atoms with E-state index in [-0.39, 0.29) is 0 Å². The predicted octanol–water partition coefficient (Wildman–Crippen LogP) is 1.72. The standard InChI is InChI=1S/C12H20Si2/c1-6-10-7-8-11(13(2)3)9-12(10)14(4)5/h6-9,13-14H,1H2,2-5H3. The van der Waals surface area contributed by atoms with Crippen molar-refractivity contribution in [1.29, 1.82) is 0 Å². The van der Waals surface area contributed by atoms with Crippen LogP contribution in [0, 0.1) is 0 Å². The monoisotopic (exact) mass is 220 g/mol. The van der Waals surface area contributed by atoms with Gasteiger partial charge in [0.2, 0.25) is 0 Å². The van der Waals surface area contributed by atoms with Crippen molar-refractivity contribution in [3.05, 3.63) is 30.3 Å². The second kappa shape index (κ2) is 4.76. The Kier molecular flexibility index (Phi) is 3.90. The quantitative estimate of drug-likeness (QED) is 0.681. The zero-order valence-electron chi connectivity index (χ0n) is 9.67. The first-order valence-corrected chi connectivity index (χ1v) is 11.1. The molecule has 14 heavy (non-hydrogen) atoms. The summed E-state index contributed by atoms with van der Waals surface area (Å²) in [5, 5.41) is 3.17. The molecule has 0 unspecified atom stereocenters. The van der Waals surface area contributed by atoms with Gasteiger partial charge in [-0.15, -0.1) is 0 Å². The van der Waals surface area contributed by atoms with Crippen LogP contribution in [0.1, 0.15) is 5.56 Å². The molecule has 0 bridgehead atoms. The van der Waals surface area contributed by atoms with Crippen LogP contribution in [0.3, 0.4) is 0 Å². The van der Waals surface area contributed by atoms with Gasteiger partial charge < -0.3 is 0 Å². The molecule has 1 aromatic carbocycles. The molecule has 0 fully saturated rings. The Balaban J connectivity index is 3.20. The molecule has 0 amide bonds. The Bertz CT molecular complexity index is 327. The summed E-state index contributed by atoms with van der Waals surface area (Å²) in [6.45, 7) is 13.4. The van der Waals surface area contributed by atoms with Gasteiger partial charge in [0.25, 0.3) is 0 Å². The molecule has 0 saturated heterocycles. The molecule has 1 aromatic rings. The fraction of sp³-hybridized carbons (Fsp3) is 0.333. The van der Waals surface area contributed by atoms with Crippen molar-refractivity contribution in [3.8, 4) is 0 Å². The van der Waals surface area contributed by atoms with E-state index in [1.54, 1.807) is 10.4 Å². The van der Waals surface area contributed by atoms with E-state index in [0.29, 0.717) is 0 Å². The number of hydrogen-bond donors (Lipinski definition) is 0. The SMILES string of the molecule is C=Cc1ccc([SiH](C)C)cc1[SiH](C)C. The van der Waals surface area contributed by atoms with Crippen LogP contribution in [0.15, 0.2) is 24.8 Å². The third kappa shape index (κ3) is 2.45. The van der Waals surface area contributed by atoms with Gasteiger partial charge in [0.05, 0.1) is 17.6 Å². The summed E-state index contributed by atoms with van der Waals surface area (Å²) in [5.74, 6) is 0. The molecule has 0 atom stereocenters. The summed E-state index contributed by atoms with van der Waals surface area (Å²) in [4.78, 5) is 0. The van der Waals surface area contributed by atoms with Crippen LogP contribution in [0.4, 0.5) is 0 Å². The van der Waals surface area contributed by atoms with Crippen LogP contribution in [-0.4, -0.2) is 17.6 Å². The minimum Gasteiger partial charge on any atom is -0.0985 e. The van der Waals surface area contributed by atoms with E-state index in [0.717, 1.165) is 0 Å². The summed E-state index contributed by atoms with van der Waals surface area (Å²) >= 11 is 0. The van der Waals surface area contributed by atoms with Crippen LogP contribution in [-0.2, 0) is 0 Å². The fourth-order valence-electron chi connectivity index (χ4n) is 1.64. The van der Waals surface area contributed by atoms with E-state index in [9.17, 15) is 0 Å². The maximum Gasteiger partial charge on any atom is 0.0655 e. The minimum absolute atomic E-state index is 0.642. The summed E-state index contributed by atoms with van der Waals surface area (Å²) < 4.78 is 0. The third-order valence-electron chi connectivity index (χ3n) is 2.62. The topological polar surface area (TPSA) is 0 Å². The van der Waals surface area contributed by atoms with Crippen molar-refractivity contribution >= 4 is 34.0 Å². The molecule has 0 aromatic heterocycles. The molecule has 2 heteroatoms. The molecule has 0 aliphatic carbocycles. The van der Waals surface area contributed by atoms with E-state index in [4.69, 9.17) is 0 Å². The highest BCUT2D eigenvalue weighted by Gasteiger charge is 2.08. The molecule has 1 rings (SSSR count). The summed E-state index contributed by atoms with van der Waals surface area (Å²) in [6.07, 6.45) is 1.99. The van der Waals surface area contributed by atoms with Crippen LogP contribution in [0.2, 0.25) is 26.2 Å². The number of hydrogen-bond acceptors (Lipinski definition) is 0. The van der Waals surface area contributed by atoms with Gasteiger partial charge in [-0.3, -0.25) is 0 Å². The highest BCUT2D eigenvalue weighted by molar-refractivity contribution is 6.74. The lowest BCUT2D eigenvalue weighted by atomic mass is 10.2. The molecular formula is C12H20Si2. The van der Waals surface area contributed by atoms with Gasteiger partial charge in [-0.25, -0.2) is 0 Å². The highest BCUT2D eigenvalue weighted by atomic mass is 28.3. The van der Waals surface area contributed by atoms with Crippen molar-refractivity contribution in [2.75, 3.05) is 0 Å². The smallest absolute Gasteiger partial charge is 0.0655 e. The molecule has 0 nitrogen and oxygen atoms in total. The Hall–Kier alpha value is -0.606. The molecule has 0 saturated carbocycles. The molecule has 0 spiro atoms. The van der Waals surface area contributed by atoms with E-state index in [1.807, 2.05) is 6.08 Å². The zero-order chi connectivity index (χ0) is 10.7. The summed E-state index contributed by atoms with van der Waals surface area (Å²) in [6, 6.07) is 6.97. The molecule has 0 heterocycles. The Morgan fingerprint density at radius 3 is 2.14 bits per heavy atom. The van der Waals surface area contributed by atoms with Gasteiger partial charge >= 0.3 is 0 Å². The maximum absolute atomic E-state index is 3.88. The molecule has 0 N–H and O–H groups in total. The third-order valence-corrected chi connectivity index (χ3v) is 6.06. The first-order chi connectivity index (χ1) is 6.56. The first-order valence-electron chi connectivity index (χ1n) is 5.32. The summed E-state index contributed by atoms with van der Waals surface area (Å²) in [7, 11) is -1.35. The fourth-order valence-corrected chi connectivity index (χ4v) is 4.23. The van der Waals surface area contributed by atoms with Gasteiger partial charge in [0.1, 0.15) is 0 Å². The Labute approximate surface area is 90.9 Å². The molecule has 0 aliphatic heterocycles. The number of rotatable bonds is 3. The van der Waals surface area contributed by atoms with Gasteiger partial charge in [-0.2, -0.15) is 0 Å². The normalized spacial score (nSPS) is 11.0. The second-order valence-electron chi connectivity index (χ2n) is 4.40. The largest absolute Gasteiger partial charge is 0.0985 e. The number of benzene rings is 1. The van der Waals surface area contributed by atoms with Gasteiger partial charge in [0, 0.05) is 0 Å². The van der Waals surface area contributed by atoms with Gasteiger partial charge in [-0.1, -0.05) is 67.4 Å². The van der Waals surface area contributed by atoms with Crippen LogP contribution < -0.4 is 10.4 Å². The van der Waals surface area contributed by atoms with E-state index in [1.165, 1.54) is 5.56 Å². The van der Waals surface area contributed by atoms with E-state index in [2.05, 4.69) is 51.0 Å². The van der Waals surface area contributed by atoms with Crippen molar-refractivity contribution in [2.24, 2.45) is 0 Å². The average Bonchev–Trinajstić information content (AvgIpc) is 2.16. The molecule has 0 aliphatic rings. The second-order valence-corrected chi connectivity index (χ2v) is 10.3.